The number of nitrogens with one attached hydrogen (secondary N) is 1. The predicted molar refractivity (Wildman–Crippen MR) is 63.5 cm³/mol. The molecule has 0 amide bonds. The average Bonchev–Trinajstić information content (AvgIpc) is 2.38. The highest BCUT2D eigenvalue weighted by molar-refractivity contribution is 7.71. The molecule has 0 radical (unpaired) electrons. The molecule has 1 aliphatic rings. The van der Waals surface area contributed by atoms with E-state index in [2.05, 4.69) is 35.5 Å². The van der Waals surface area contributed by atoms with Crippen LogP contribution in [-0.2, 0) is 12.0 Å². The summed E-state index contributed by atoms with van der Waals surface area (Å²) in [5.74, 6) is 1.95. The molecular formula is C11H19N3S. The molecule has 1 saturated carbocycles. The Labute approximate surface area is 95.9 Å². The normalized spacial score (nSPS) is 17.8. The molecule has 84 valence electrons. The molecule has 2 rings (SSSR count). The Morgan fingerprint density at radius 1 is 1.47 bits per heavy atom. The summed E-state index contributed by atoms with van der Waals surface area (Å²) in [6.07, 6.45) is 5.16. The second-order valence-corrected chi connectivity index (χ2v) is 5.84. The molecule has 1 fully saturated rings. The molecule has 0 bridgehead atoms. The van der Waals surface area contributed by atoms with E-state index in [4.69, 9.17) is 12.2 Å². The summed E-state index contributed by atoms with van der Waals surface area (Å²) < 4.78 is 2.90. The fourth-order valence-electron chi connectivity index (χ4n) is 2.11. The van der Waals surface area contributed by atoms with E-state index in [9.17, 15) is 0 Å². The molecule has 1 heterocycles. The summed E-state index contributed by atoms with van der Waals surface area (Å²) >= 11 is 5.27. The molecule has 4 heteroatoms. The van der Waals surface area contributed by atoms with Crippen LogP contribution in [-0.4, -0.2) is 14.8 Å². The van der Waals surface area contributed by atoms with E-state index >= 15 is 0 Å². The molecule has 1 aromatic rings. The standard InChI is InChI=1S/C11H19N3S/c1-11(2,3)14-9(12-13-10(14)15)7-8-5-4-6-8/h8H,4-7H2,1-3H3,(H,13,15). The molecule has 0 spiro atoms. The van der Waals surface area contributed by atoms with Crippen molar-refractivity contribution in [3.63, 3.8) is 0 Å². The van der Waals surface area contributed by atoms with E-state index in [1.807, 2.05) is 0 Å². The van der Waals surface area contributed by atoms with Crippen molar-refractivity contribution in [1.29, 1.82) is 0 Å². The number of hydrogen-bond donors (Lipinski definition) is 1. The number of aromatic amines is 1. The highest BCUT2D eigenvalue weighted by Gasteiger charge is 2.24. The van der Waals surface area contributed by atoms with Crippen LogP contribution in [0.25, 0.3) is 0 Å². The number of nitrogens with zero attached hydrogens (tertiary/aromatic N) is 2. The first kappa shape index (κ1) is 10.9. The van der Waals surface area contributed by atoms with Crippen LogP contribution in [0.5, 0.6) is 0 Å². The van der Waals surface area contributed by atoms with Gasteiger partial charge in [0.15, 0.2) is 4.77 Å². The van der Waals surface area contributed by atoms with Gasteiger partial charge in [0.2, 0.25) is 0 Å². The van der Waals surface area contributed by atoms with Gasteiger partial charge in [-0.15, -0.1) is 0 Å². The van der Waals surface area contributed by atoms with E-state index in [0.717, 1.165) is 22.9 Å². The van der Waals surface area contributed by atoms with Crippen LogP contribution in [0.3, 0.4) is 0 Å². The fraction of sp³-hybridized carbons (Fsp3) is 0.818. The summed E-state index contributed by atoms with van der Waals surface area (Å²) in [6, 6.07) is 0. The van der Waals surface area contributed by atoms with Gasteiger partial charge in [0.1, 0.15) is 5.82 Å². The number of H-pyrrole nitrogens is 1. The van der Waals surface area contributed by atoms with Crippen LogP contribution in [0.4, 0.5) is 0 Å². The predicted octanol–water partition coefficient (Wildman–Crippen LogP) is 3.04. The molecule has 0 atom stereocenters. The van der Waals surface area contributed by atoms with Gasteiger partial charge >= 0.3 is 0 Å². The first-order chi connectivity index (χ1) is 6.98. The van der Waals surface area contributed by atoms with Crippen LogP contribution in [0.1, 0.15) is 45.9 Å². The lowest BCUT2D eigenvalue weighted by Gasteiger charge is -2.28. The molecule has 1 aromatic heterocycles. The minimum atomic E-state index is 0.0309. The lowest BCUT2D eigenvalue weighted by molar-refractivity contribution is 0.292. The first-order valence-electron chi connectivity index (χ1n) is 5.65. The molecule has 0 aromatic carbocycles. The van der Waals surface area contributed by atoms with Crippen LogP contribution in [0.15, 0.2) is 0 Å². The number of rotatable bonds is 2. The summed E-state index contributed by atoms with van der Waals surface area (Å²) in [5, 5.41) is 7.26. The highest BCUT2D eigenvalue weighted by atomic mass is 32.1. The van der Waals surface area contributed by atoms with E-state index in [-0.39, 0.29) is 5.54 Å². The van der Waals surface area contributed by atoms with Crippen LogP contribution >= 0.6 is 12.2 Å². The van der Waals surface area contributed by atoms with Crippen molar-refractivity contribution in [3.8, 4) is 0 Å². The Kier molecular flexibility index (Phi) is 2.71. The van der Waals surface area contributed by atoms with E-state index < -0.39 is 0 Å². The van der Waals surface area contributed by atoms with Crippen molar-refractivity contribution >= 4 is 12.2 Å². The van der Waals surface area contributed by atoms with Crippen molar-refractivity contribution in [2.45, 2.75) is 52.0 Å². The molecule has 1 N–H and O–H groups in total. The molecular weight excluding hydrogens is 206 g/mol. The summed E-state index contributed by atoms with van der Waals surface area (Å²) in [6.45, 7) is 6.51. The molecule has 0 unspecified atom stereocenters. The second kappa shape index (κ2) is 3.74. The van der Waals surface area contributed by atoms with E-state index in [0.29, 0.717) is 0 Å². The molecule has 3 nitrogen and oxygen atoms in total. The van der Waals surface area contributed by atoms with Gasteiger partial charge in [-0.05, 0) is 38.9 Å². The zero-order chi connectivity index (χ0) is 11.1. The topological polar surface area (TPSA) is 33.6 Å². The Balaban J connectivity index is 2.26. The van der Waals surface area contributed by atoms with Crippen molar-refractivity contribution in [2.75, 3.05) is 0 Å². The third-order valence-corrected chi connectivity index (χ3v) is 3.38. The van der Waals surface area contributed by atoms with Gasteiger partial charge in [0.25, 0.3) is 0 Å². The zero-order valence-corrected chi connectivity index (χ0v) is 10.5. The maximum Gasteiger partial charge on any atom is 0.195 e. The smallest absolute Gasteiger partial charge is 0.195 e. The molecule has 1 aliphatic carbocycles. The van der Waals surface area contributed by atoms with Crippen molar-refractivity contribution in [3.05, 3.63) is 10.6 Å². The van der Waals surface area contributed by atoms with Crippen LogP contribution in [0, 0.1) is 10.7 Å². The average molecular weight is 225 g/mol. The summed E-state index contributed by atoms with van der Waals surface area (Å²) in [4.78, 5) is 0. The second-order valence-electron chi connectivity index (χ2n) is 5.45. The molecule has 15 heavy (non-hydrogen) atoms. The van der Waals surface area contributed by atoms with Gasteiger partial charge in [0, 0.05) is 12.0 Å². The van der Waals surface area contributed by atoms with Crippen molar-refractivity contribution in [2.24, 2.45) is 5.92 Å². The minimum Gasteiger partial charge on any atom is -0.299 e. The van der Waals surface area contributed by atoms with Crippen molar-refractivity contribution < 1.29 is 0 Å². The van der Waals surface area contributed by atoms with Gasteiger partial charge in [-0.3, -0.25) is 9.67 Å². The fourth-order valence-corrected chi connectivity index (χ4v) is 2.54. The lowest BCUT2D eigenvalue weighted by Crippen LogP contribution is -2.26. The summed E-state index contributed by atoms with van der Waals surface area (Å²) in [5.41, 5.74) is 0.0309. The Hall–Kier alpha value is -0.640. The van der Waals surface area contributed by atoms with Gasteiger partial charge in [-0.1, -0.05) is 19.3 Å². The largest absolute Gasteiger partial charge is 0.299 e. The van der Waals surface area contributed by atoms with Crippen LogP contribution in [0.2, 0.25) is 0 Å². The first-order valence-corrected chi connectivity index (χ1v) is 6.06. The monoisotopic (exact) mass is 225 g/mol. The number of hydrogen-bond acceptors (Lipinski definition) is 2. The van der Waals surface area contributed by atoms with Gasteiger partial charge < -0.3 is 0 Å². The van der Waals surface area contributed by atoms with E-state index in [1.54, 1.807) is 0 Å². The highest BCUT2D eigenvalue weighted by Crippen LogP contribution is 2.30. The van der Waals surface area contributed by atoms with Crippen molar-refractivity contribution in [1.82, 2.24) is 14.8 Å². The third-order valence-electron chi connectivity index (χ3n) is 3.11. The Bertz CT molecular complexity index is 393. The summed E-state index contributed by atoms with van der Waals surface area (Å²) in [7, 11) is 0. The van der Waals surface area contributed by atoms with E-state index in [1.165, 1.54) is 19.3 Å². The van der Waals surface area contributed by atoms with Crippen LogP contribution < -0.4 is 0 Å². The number of aromatic nitrogens is 3. The van der Waals surface area contributed by atoms with Gasteiger partial charge in [0.05, 0.1) is 0 Å². The zero-order valence-electron chi connectivity index (χ0n) is 9.71. The Morgan fingerprint density at radius 3 is 2.60 bits per heavy atom. The van der Waals surface area contributed by atoms with Gasteiger partial charge in [-0.2, -0.15) is 5.10 Å². The lowest BCUT2D eigenvalue weighted by atomic mass is 9.83. The quantitative estimate of drug-likeness (QED) is 0.785. The third kappa shape index (κ3) is 2.14. The molecule has 0 aliphatic heterocycles. The Morgan fingerprint density at radius 2 is 2.13 bits per heavy atom. The minimum absolute atomic E-state index is 0.0309. The maximum atomic E-state index is 5.27. The molecule has 0 saturated heterocycles. The maximum absolute atomic E-state index is 5.27. The SMILES string of the molecule is CC(C)(C)n1c(CC2CCC2)n[nH]c1=S. The van der Waals surface area contributed by atoms with Gasteiger partial charge in [-0.25, -0.2) is 0 Å².